The number of nitrogens with one attached hydrogen (secondary N) is 4. The zero-order valence-corrected chi connectivity index (χ0v) is 29.7. The molecular formula is C37H51N9O3. The largest absolute Gasteiger partial charge is 0.388 e. The van der Waals surface area contributed by atoms with Gasteiger partial charge in [-0.15, -0.1) is 0 Å². The summed E-state index contributed by atoms with van der Waals surface area (Å²) in [6.07, 6.45) is 12.9. The van der Waals surface area contributed by atoms with E-state index in [1.807, 2.05) is 53.2 Å². The minimum Gasteiger partial charge on any atom is -0.388 e. The maximum atomic E-state index is 12.5. The Kier molecular flexibility index (Phi) is 16.6. The Morgan fingerprint density at radius 3 is 2.12 bits per heavy atom. The van der Waals surface area contributed by atoms with Crippen LogP contribution in [0.5, 0.6) is 0 Å². The highest BCUT2D eigenvalue weighted by Gasteiger charge is 2.16. The monoisotopic (exact) mass is 669 g/mol. The molecule has 4 aromatic rings. The molecule has 0 aliphatic carbocycles. The number of amidine groups is 1. The minimum absolute atomic E-state index is 0.180. The molecule has 0 spiro atoms. The van der Waals surface area contributed by atoms with Crippen molar-refractivity contribution in [3.63, 3.8) is 0 Å². The van der Waals surface area contributed by atoms with E-state index in [4.69, 9.17) is 11.1 Å². The Bertz CT molecular complexity index is 1670. The van der Waals surface area contributed by atoms with Gasteiger partial charge in [0.15, 0.2) is 0 Å². The molecule has 1 aromatic carbocycles. The maximum absolute atomic E-state index is 12.5. The second kappa shape index (κ2) is 20.6. The fourth-order valence-corrected chi connectivity index (χ4v) is 4.54. The lowest BCUT2D eigenvalue weighted by Gasteiger charge is -2.11. The van der Waals surface area contributed by atoms with Crippen LogP contribution in [0.2, 0.25) is 0 Å². The van der Waals surface area contributed by atoms with Crippen molar-refractivity contribution in [1.29, 1.82) is 5.41 Å². The number of hydrogen-bond donors (Lipinski definition) is 5. The molecule has 3 amide bonds. The molecule has 3 aromatic heterocycles. The van der Waals surface area contributed by atoms with Crippen LogP contribution < -0.4 is 26.6 Å². The van der Waals surface area contributed by atoms with Gasteiger partial charge in [0.2, 0.25) is 6.41 Å². The van der Waals surface area contributed by atoms with Crippen LogP contribution in [0.1, 0.15) is 77.3 Å². The van der Waals surface area contributed by atoms with E-state index in [9.17, 15) is 14.4 Å². The molecule has 0 unspecified atom stereocenters. The molecule has 0 atom stereocenters. The van der Waals surface area contributed by atoms with Crippen LogP contribution in [0, 0.1) is 12.3 Å². The number of hydrogen-bond acceptors (Lipinski definition) is 6. The van der Waals surface area contributed by atoms with Crippen LogP contribution >= 0.6 is 0 Å². The van der Waals surface area contributed by atoms with Gasteiger partial charge in [-0.05, 0) is 67.3 Å². The normalized spacial score (nSPS) is 10.3. The number of aryl methyl sites for hydroxylation is 3. The van der Waals surface area contributed by atoms with E-state index in [2.05, 4.69) is 62.2 Å². The first-order valence-corrected chi connectivity index (χ1v) is 16.3. The highest BCUT2D eigenvalue weighted by atomic mass is 16.2. The molecule has 12 nitrogen and oxygen atoms in total. The van der Waals surface area contributed by atoms with Crippen LogP contribution in [0.25, 0.3) is 12.2 Å². The topological polar surface area (TPSA) is 163 Å². The number of anilines is 3. The van der Waals surface area contributed by atoms with Crippen molar-refractivity contribution in [2.24, 2.45) is 19.8 Å². The van der Waals surface area contributed by atoms with Gasteiger partial charge in [0.1, 0.15) is 11.4 Å². The lowest BCUT2D eigenvalue weighted by atomic mass is 10.1. The molecule has 262 valence electrons. The molecule has 0 fully saturated rings. The van der Waals surface area contributed by atoms with Crippen molar-refractivity contribution in [3.8, 4) is 0 Å². The summed E-state index contributed by atoms with van der Waals surface area (Å²) in [6, 6.07) is 15.7. The molecule has 49 heavy (non-hydrogen) atoms. The first kappa shape index (κ1) is 39.5. The average molecular weight is 670 g/mol. The Morgan fingerprint density at radius 1 is 0.898 bits per heavy atom. The summed E-state index contributed by atoms with van der Waals surface area (Å²) < 4.78 is 3.24. The van der Waals surface area contributed by atoms with Crippen molar-refractivity contribution >= 4 is 53.3 Å². The predicted octanol–water partition coefficient (Wildman–Crippen LogP) is 6.06. The molecule has 0 bridgehead atoms. The summed E-state index contributed by atoms with van der Waals surface area (Å²) in [5.74, 6) is -0.399. The Morgan fingerprint density at radius 2 is 1.53 bits per heavy atom. The number of nitrogens with zero attached hydrogens (tertiary/aromatic N) is 4. The minimum atomic E-state index is -0.352. The fraction of sp³-hybridized carbons (Fsp3) is 0.324. The lowest BCUT2D eigenvalue weighted by Crippen LogP contribution is -2.26. The van der Waals surface area contributed by atoms with Crippen LogP contribution in [-0.2, 0) is 18.9 Å². The SMILES string of the molecule is CC.Cc1ccc(/C=C/c2ccc(N(C)C)cc2)nc1.Cn1cc(NC(=O)c2cc(NC=O)cn2C)cc1C(=O)NCCCCCC(=N)N. The van der Waals surface area contributed by atoms with Gasteiger partial charge in [-0.2, -0.15) is 0 Å². The van der Waals surface area contributed by atoms with Gasteiger partial charge in [0.25, 0.3) is 11.8 Å². The summed E-state index contributed by atoms with van der Waals surface area (Å²) in [5, 5.41) is 15.3. The van der Waals surface area contributed by atoms with Gasteiger partial charge in [0, 0.05) is 65.4 Å². The van der Waals surface area contributed by atoms with Crippen molar-refractivity contribution in [1.82, 2.24) is 19.4 Å². The third-order valence-corrected chi connectivity index (χ3v) is 7.16. The second-order valence-corrected chi connectivity index (χ2v) is 11.3. The molecule has 4 rings (SSSR count). The highest BCUT2D eigenvalue weighted by molar-refractivity contribution is 6.05. The molecule has 12 heteroatoms. The van der Waals surface area contributed by atoms with Gasteiger partial charge in [0.05, 0.1) is 22.9 Å². The van der Waals surface area contributed by atoms with E-state index in [0.29, 0.717) is 42.1 Å². The first-order valence-electron chi connectivity index (χ1n) is 16.3. The van der Waals surface area contributed by atoms with Crippen LogP contribution in [-0.4, -0.2) is 58.8 Å². The van der Waals surface area contributed by atoms with E-state index in [1.54, 1.807) is 47.8 Å². The molecule has 6 N–H and O–H groups in total. The number of rotatable bonds is 14. The zero-order chi connectivity index (χ0) is 36.3. The van der Waals surface area contributed by atoms with Crippen LogP contribution in [0.4, 0.5) is 17.1 Å². The quantitative estimate of drug-likeness (QED) is 0.0474. The van der Waals surface area contributed by atoms with E-state index in [1.165, 1.54) is 16.8 Å². The number of aromatic nitrogens is 3. The Hall–Kier alpha value is -5.65. The molecule has 0 saturated heterocycles. The van der Waals surface area contributed by atoms with Crippen LogP contribution in [0.3, 0.4) is 0 Å². The average Bonchev–Trinajstić information content (AvgIpc) is 3.64. The van der Waals surface area contributed by atoms with Gasteiger partial charge in [-0.25, -0.2) is 0 Å². The van der Waals surface area contributed by atoms with Crippen molar-refractivity contribution in [2.45, 2.75) is 46.5 Å². The van der Waals surface area contributed by atoms with Crippen LogP contribution in [0.15, 0.2) is 67.1 Å². The Balaban J connectivity index is 0.000000356. The van der Waals surface area contributed by atoms with Crippen molar-refractivity contribution in [2.75, 3.05) is 36.2 Å². The van der Waals surface area contributed by atoms with Crippen molar-refractivity contribution < 1.29 is 14.4 Å². The van der Waals surface area contributed by atoms with Crippen molar-refractivity contribution in [3.05, 3.63) is 95.3 Å². The summed E-state index contributed by atoms with van der Waals surface area (Å²) >= 11 is 0. The second-order valence-electron chi connectivity index (χ2n) is 11.3. The number of carbonyl (C=O) groups is 3. The molecule has 0 saturated carbocycles. The summed E-state index contributed by atoms with van der Waals surface area (Å²) in [4.78, 5) is 41.8. The molecule has 3 heterocycles. The number of unbranched alkanes of at least 4 members (excludes halogenated alkanes) is 2. The van der Waals surface area contributed by atoms with Gasteiger partial charge in [-0.3, -0.25) is 24.8 Å². The molecular weight excluding hydrogens is 618 g/mol. The summed E-state index contributed by atoms with van der Waals surface area (Å²) in [6.45, 7) is 6.57. The lowest BCUT2D eigenvalue weighted by molar-refractivity contribution is -0.105. The number of carbonyl (C=O) groups excluding carboxylic acids is 3. The van der Waals surface area contributed by atoms with E-state index < -0.39 is 0 Å². The van der Waals surface area contributed by atoms with Gasteiger partial charge in [-0.1, -0.05) is 44.5 Å². The number of benzene rings is 1. The number of pyridine rings is 1. The molecule has 0 aliphatic heterocycles. The maximum Gasteiger partial charge on any atom is 0.272 e. The van der Waals surface area contributed by atoms with E-state index in [-0.39, 0.29) is 17.6 Å². The highest BCUT2D eigenvalue weighted by Crippen LogP contribution is 2.18. The number of nitrogens with two attached hydrogens (primary N) is 1. The zero-order valence-electron chi connectivity index (χ0n) is 29.7. The standard InChI is InChI=1S/C19H27N7O3.C16H18N2.C2H6/c1-25-10-13(23-12-27)8-16(25)19(29)24-14-9-15(26(2)11-14)18(28)22-7-5-3-4-6-17(20)21;1-13-4-8-15(17-12-13)9-5-14-6-10-16(11-7-14)18(2)3;1-2/h8-12H,3-7H2,1-2H3,(H3,20,21)(H,22,28)(H,23,27)(H,24,29);4-12H,1-3H3;1-2H3/b;9-5+;. The third-order valence-electron chi connectivity index (χ3n) is 7.16. The first-order chi connectivity index (χ1) is 23.5. The molecule has 0 aliphatic rings. The smallest absolute Gasteiger partial charge is 0.272 e. The molecule has 0 radical (unpaired) electrons. The van der Waals surface area contributed by atoms with E-state index in [0.717, 1.165) is 25.0 Å². The fourth-order valence-electron chi connectivity index (χ4n) is 4.54. The predicted molar refractivity (Wildman–Crippen MR) is 201 cm³/mol. The van der Waals surface area contributed by atoms with Gasteiger partial charge < -0.3 is 35.7 Å². The summed E-state index contributed by atoms with van der Waals surface area (Å²) in [5.41, 5.74) is 11.7. The van der Waals surface area contributed by atoms with E-state index >= 15 is 0 Å². The Labute approximate surface area is 289 Å². The summed E-state index contributed by atoms with van der Waals surface area (Å²) in [7, 11) is 7.51. The number of amides is 3. The third kappa shape index (κ3) is 13.5. The van der Waals surface area contributed by atoms with Gasteiger partial charge >= 0.3 is 0 Å².